The van der Waals surface area contributed by atoms with Gasteiger partial charge in [0.25, 0.3) is 0 Å². The predicted octanol–water partition coefficient (Wildman–Crippen LogP) is 3.53. The van der Waals surface area contributed by atoms with Crippen molar-refractivity contribution in [1.29, 1.82) is 0 Å². The largest absolute Gasteiger partial charge is 0.317 e. The molecule has 0 fully saturated rings. The van der Waals surface area contributed by atoms with Crippen LogP contribution in [0, 0.1) is 0 Å². The van der Waals surface area contributed by atoms with Gasteiger partial charge in [-0.25, -0.2) is 8.42 Å². The molecule has 0 bridgehead atoms. The minimum absolute atomic E-state index is 0.167. The van der Waals surface area contributed by atoms with Crippen LogP contribution in [-0.4, -0.2) is 27.3 Å². The maximum absolute atomic E-state index is 12.1. The fraction of sp³-hybridized carbons (Fsp3) is 0.600. The first-order valence-corrected chi connectivity index (χ1v) is 9.92. The van der Waals surface area contributed by atoms with Gasteiger partial charge >= 0.3 is 0 Å². The van der Waals surface area contributed by atoms with Crippen molar-refractivity contribution in [2.75, 3.05) is 23.6 Å². The average molecular weight is 377 g/mol. The van der Waals surface area contributed by atoms with E-state index in [0.29, 0.717) is 12.1 Å². The molecular weight excluding hydrogens is 352 g/mol. The van der Waals surface area contributed by atoms with Crippen molar-refractivity contribution in [3.05, 3.63) is 28.2 Å². The molecule has 0 unspecified atom stereocenters. The molecule has 1 aromatic rings. The van der Waals surface area contributed by atoms with Gasteiger partial charge in [0.2, 0.25) is 10.0 Å². The topological polar surface area (TPSA) is 58.2 Å². The lowest BCUT2D eigenvalue weighted by Crippen LogP contribution is -2.20. The van der Waals surface area contributed by atoms with E-state index in [-0.39, 0.29) is 5.75 Å². The van der Waals surface area contributed by atoms with Crippen LogP contribution in [0.4, 0.5) is 5.69 Å². The Morgan fingerprint density at radius 2 is 1.90 bits per heavy atom. The number of hydrogen-bond donors (Lipinski definition) is 2. The molecule has 0 atom stereocenters. The van der Waals surface area contributed by atoms with Crippen molar-refractivity contribution < 1.29 is 8.42 Å². The molecule has 0 radical (unpaired) electrons. The first-order valence-electron chi connectivity index (χ1n) is 7.48. The number of anilines is 1. The summed E-state index contributed by atoms with van der Waals surface area (Å²) in [7, 11) is -3.27. The Kier molecular flexibility index (Phi) is 8.29. The maximum atomic E-state index is 12.1. The Hall–Kier alpha value is -0.590. The molecule has 0 amide bonds. The third-order valence-electron chi connectivity index (χ3n) is 3.16. The van der Waals surface area contributed by atoms with Crippen LogP contribution >= 0.6 is 15.9 Å². The monoisotopic (exact) mass is 376 g/mol. The summed E-state index contributed by atoms with van der Waals surface area (Å²) in [5, 5.41) is 3.28. The SMILES string of the molecule is CCCNCCCCS(=O)(=O)Nc1ccc(Br)cc1CC. The number of sulfonamides is 1. The molecule has 0 aliphatic rings. The fourth-order valence-corrected chi connectivity index (χ4v) is 3.65. The van der Waals surface area contributed by atoms with Crippen LogP contribution in [0.3, 0.4) is 0 Å². The second-order valence-corrected chi connectivity index (χ2v) is 7.79. The van der Waals surface area contributed by atoms with Gasteiger partial charge in [0.1, 0.15) is 0 Å². The highest BCUT2D eigenvalue weighted by Crippen LogP contribution is 2.22. The summed E-state index contributed by atoms with van der Waals surface area (Å²) in [6.45, 7) is 6.00. The normalized spacial score (nSPS) is 11.6. The van der Waals surface area contributed by atoms with E-state index in [1.165, 1.54) is 0 Å². The van der Waals surface area contributed by atoms with Crippen LogP contribution in [0.2, 0.25) is 0 Å². The number of halogens is 1. The molecule has 2 N–H and O–H groups in total. The summed E-state index contributed by atoms with van der Waals surface area (Å²) >= 11 is 3.40. The van der Waals surface area contributed by atoms with E-state index in [4.69, 9.17) is 0 Å². The van der Waals surface area contributed by atoms with Crippen LogP contribution < -0.4 is 10.0 Å². The lowest BCUT2D eigenvalue weighted by atomic mass is 10.1. The average Bonchev–Trinajstić information content (AvgIpc) is 2.44. The van der Waals surface area contributed by atoms with Crippen molar-refractivity contribution in [1.82, 2.24) is 5.32 Å². The lowest BCUT2D eigenvalue weighted by molar-refractivity contribution is 0.590. The smallest absolute Gasteiger partial charge is 0.232 e. The standard InChI is InChI=1S/C15H25BrN2O2S/c1-3-9-17-10-5-6-11-21(19,20)18-15-8-7-14(16)12-13(15)4-2/h7-8,12,17-18H,3-6,9-11H2,1-2H3. The molecule has 0 heterocycles. The molecule has 0 aromatic heterocycles. The third-order valence-corrected chi connectivity index (χ3v) is 5.01. The molecule has 1 rings (SSSR count). The highest BCUT2D eigenvalue weighted by Gasteiger charge is 2.12. The van der Waals surface area contributed by atoms with E-state index in [2.05, 4.69) is 32.9 Å². The number of rotatable bonds is 10. The Morgan fingerprint density at radius 1 is 1.14 bits per heavy atom. The highest BCUT2D eigenvalue weighted by atomic mass is 79.9. The van der Waals surface area contributed by atoms with Crippen molar-refractivity contribution in [2.45, 2.75) is 39.5 Å². The third kappa shape index (κ3) is 7.29. The van der Waals surface area contributed by atoms with E-state index in [9.17, 15) is 8.42 Å². The summed E-state index contributed by atoms with van der Waals surface area (Å²) < 4.78 is 27.9. The molecule has 0 spiro atoms. The van der Waals surface area contributed by atoms with E-state index < -0.39 is 10.0 Å². The Morgan fingerprint density at radius 3 is 2.57 bits per heavy atom. The second-order valence-electron chi connectivity index (χ2n) is 5.03. The van der Waals surface area contributed by atoms with E-state index in [1.54, 1.807) is 0 Å². The zero-order chi connectivity index (χ0) is 15.7. The van der Waals surface area contributed by atoms with Crippen LogP contribution in [-0.2, 0) is 16.4 Å². The van der Waals surface area contributed by atoms with Gasteiger partial charge in [0.15, 0.2) is 0 Å². The van der Waals surface area contributed by atoms with Crippen LogP contribution in [0.1, 0.15) is 38.7 Å². The predicted molar refractivity (Wildman–Crippen MR) is 93.3 cm³/mol. The first-order chi connectivity index (χ1) is 9.98. The van der Waals surface area contributed by atoms with Gasteiger partial charge < -0.3 is 5.32 Å². The summed E-state index contributed by atoms with van der Waals surface area (Å²) in [5.41, 5.74) is 1.68. The molecule has 120 valence electrons. The van der Waals surface area contributed by atoms with E-state index in [1.807, 2.05) is 25.1 Å². The highest BCUT2D eigenvalue weighted by molar-refractivity contribution is 9.10. The van der Waals surface area contributed by atoms with Crippen LogP contribution in [0.15, 0.2) is 22.7 Å². The van der Waals surface area contributed by atoms with E-state index >= 15 is 0 Å². The summed E-state index contributed by atoms with van der Waals surface area (Å²) in [4.78, 5) is 0. The minimum Gasteiger partial charge on any atom is -0.317 e. The molecule has 0 aliphatic heterocycles. The molecular formula is C15H25BrN2O2S. The van der Waals surface area contributed by atoms with Crippen LogP contribution in [0.5, 0.6) is 0 Å². The van der Waals surface area contributed by atoms with Gasteiger partial charge in [-0.1, -0.05) is 29.8 Å². The van der Waals surface area contributed by atoms with Crippen LogP contribution in [0.25, 0.3) is 0 Å². The molecule has 6 heteroatoms. The number of hydrogen-bond acceptors (Lipinski definition) is 3. The molecule has 1 aromatic carbocycles. The molecule has 0 saturated heterocycles. The molecule has 0 saturated carbocycles. The quantitative estimate of drug-likeness (QED) is 0.614. The second kappa shape index (κ2) is 9.43. The zero-order valence-electron chi connectivity index (χ0n) is 12.8. The van der Waals surface area contributed by atoms with Crippen molar-refractivity contribution in [3.8, 4) is 0 Å². The van der Waals surface area contributed by atoms with Crippen molar-refractivity contribution in [2.24, 2.45) is 0 Å². The van der Waals surface area contributed by atoms with Gasteiger partial charge in [-0.15, -0.1) is 0 Å². The number of benzene rings is 1. The zero-order valence-corrected chi connectivity index (χ0v) is 15.2. The Balaban J connectivity index is 2.49. The van der Waals surface area contributed by atoms with Gasteiger partial charge in [-0.05, 0) is 62.5 Å². The summed E-state index contributed by atoms with van der Waals surface area (Å²) in [6, 6.07) is 5.61. The fourth-order valence-electron chi connectivity index (χ4n) is 2.02. The van der Waals surface area contributed by atoms with Gasteiger partial charge in [0.05, 0.1) is 11.4 Å². The Bertz CT molecular complexity index is 532. The van der Waals surface area contributed by atoms with Gasteiger partial charge in [-0.3, -0.25) is 4.72 Å². The number of aryl methyl sites for hydroxylation is 1. The summed E-state index contributed by atoms with van der Waals surface area (Å²) in [5.74, 6) is 0.167. The van der Waals surface area contributed by atoms with Gasteiger partial charge in [-0.2, -0.15) is 0 Å². The number of nitrogens with one attached hydrogen (secondary N) is 2. The minimum atomic E-state index is -3.27. The maximum Gasteiger partial charge on any atom is 0.232 e. The van der Waals surface area contributed by atoms with Gasteiger partial charge in [0, 0.05) is 4.47 Å². The summed E-state index contributed by atoms with van der Waals surface area (Å²) in [6.07, 6.45) is 3.44. The molecule has 21 heavy (non-hydrogen) atoms. The van der Waals surface area contributed by atoms with Crippen molar-refractivity contribution >= 4 is 31.6 Å². The van der Waals surface area contributed by atoms with E-state index in [0.717, 1.165) is 42.4 Å². The lowest BCUT2D eigenvalue weighted by Gasteiger charge is -2.12. The van der Waals surface area contributed by atoms with Crippen molar-refractivity contribution in [3.63, 3.8) is 0 Å². The Labute approximate surface area is 136 Å². The number of unbranched alkanes of at least 4 members (excludes halogenated alkanes) is 1. The molecule has 4 nitrogen and oxygen atoms in total. The first kappa shape index (κ1) is 18.5. The molecule has 0 aliphatic carbocycles.